The van der Waals surface area contributed by atoms with Crippen LogP contribution in [0.5, 0.6) is 5.75 Å². The molecule has 1 N–H and O–H groups in total. The van der Waals surface area contributed by atoms with Crippen molar-refractivity contribution in [2.75, 3.05) is 13.4 Å². The largest absolute Gasteiger partial charge is 0.495 e. The van der Waals surface area contributed by atoms with Gasteiger partial charge in [-0.25, -0.2) is 8.42 Å². The van der Waals surface area contributed by atoms with E-state index in [4.69, 9.17) is 4.74 Å². The Bertz CT molecular complexity index is 515. The van der Waals surface area contributed by atoms with E-state index in [9.17, 15) is 13.5 Å². The predicted molar refractivity (Wildman–Crippen MR) is 59.2 cm³/mol. The van der Waals surface area contributed by atoms with Crippen molar-refractivity contribution in [1.82, 2.24) is 0 Å². The molecule has 0 heterocycles. The van der Waals surface area contributed by atoms with Crippen LogP contribution >= 0.6 is 0 Å². The summed E-state index contributed by atoms with van der Waals surface area (Å²) in [5, 5.41) is 10.0. The molecular formula is C11H14O4S. The lowest BCUT2D eigenvalue weighted by Crippen LogP contribution is -2.10. The summed E-state index contributed by atoms with van der Waals surface area (Å²) in [4.78, 5) is 0.132. The highest BCUT2D eigenvalue weighted by molar-refractivity contribution is 7.90. The second-order valence-electron chi connectivity index (χ2n) is 4.14. The van der Waals surface area contributed by atoms with Gasteiger partial charge in [-0.05, 0) is 18.9 Å². The summed E-state index contributed by atoms with van der Waals surface area (Å²) < 4.78 is 28.2. The minimum Gasteiger partial charge on any atom is -0.495 e. The third-order valence-corrected chi connectivity index (χ3v) is 3.93. The monoisotopic (exact) mass is 242 g/mol. The number of ether oxygens (including phenoxy) is 1. The maximum absolute atomic E-state index is 11.6. The van der Waals surface area contributed by atoms with Crippen LogP contribution in [0.15, 0.2) is 23.1 Å². The van der Waals surface area contributed by atoms with Crippen molar-refractivity contribution in [3.8, 4) is 5.75 Å². The first kappa shape index (κ1) is 11.4. The van der Waals surface area contributed by atoms with Gasteiger partial charge in [0.25, 0.3) is 0 Å². The summed E-state index contributed by atoms with van der Waals surface area (Å²) >= 11 is 0. The molecule has 0 saturated heterocycles. The van der Waals surface area contributed by atoms with Crippen LogP contribution in [0.4, 0.5) is 0 Å². The van der Waals surface area contributed by atoms with Crippen molar-refractivity contribution < 1.29 is 18.3 Å². The minimum absolute atomic E-state index is 0.132. The summed E-state index contributed by atoms with van der Waals surface area (Å²) in [6.45, 7) is 0. The average Bonchev–Trinajstić information content (AvgIpc) is 2.95. The van der Waals surface area contributed by atoms with Gasteiger partial charge >= 0.3 is 0 Å². The van der Waals surface area contributed by atoms with Gasteiger partial charge in [0.1, 0.15) is 10.6 Å². The summed E-state index contributed by atoms with van der Waals surface area (Å²) in [5.41, 5.74) is -0.329. The number of hydrogen-bond donors (Lipinski definition) is 1. The SMILES string of the molecule is COc1c(C2(O)CC2)cccc1S(C)(=O)=O. The van der Waals surface area contributed by atoms with E-state index in [1.165, 1.54) is 13.2 Å². The molecule has 0 aromatic heterocycles. The number of methoxy groups -OCH3 is 1. The molecular weight excluding hydrogens is 228 g/mol. The Morgan fingerprint density at radius 2 is 2.00 bits per heavy atom. The molecule has 0 radical (unpaired) electrons. The summed E-state index contributed by atoms with van der Waals surface area (Å²) in [5.74, 6) is 0.269. The topological polar surface area (TPSA) is 63.6 Å². The first-order chi connectivity index (χ1) is 7.38. The minimum atomic E-state index is -3.34. The third kappa shape index (κ3) is 1.81. The van der Waals surface area contributed by atoms with Crippen LogP contribution in [0.25, 0.3) is 0 Å². The van der Waals surface area contributed by atoms with Gasteiger partial charge in [0.15, 0.2) is 9.84 Å². The molecule has 0 aliphatic heterocycles. The van der Waals surface area contributed by atoms with Crippen LogP contribution in [0, 0.1) is 0 Å². The maximum Gasteiger partial charge on any atom is 0.179 e. The van der Waals surface area contributed by atoms with E-state index >= 15 is 0 Å². The maximum atomic E-state index is 11.6. The number of aliphatic hydroxyl groups is 1. The highest BCUT2D eigenvalue weighted by atomic mass is 32.2. The van der Waals surface area contributed by atoms with Crippen molar-refractivity contribution in [2.45, 2.75) is 23.3 Å². The molecule has 0 amide bonds. The molecule has 1 fully saturated rings. The van der Waals surface area contributed by atoms with Crippen molar-refractivity contribution in [3.05, 3.63) is 23.8 Å². The van der Waals surface area contributed by atoms with Crippen molar-refractivity contribution in [3.63, 3.8) is 0 Å². The van der Waals surface area contributed by atoms with E-state index in [1.54, 1.807) is 12.1 Å². The van der Waals surface area contributed by atoms with E-state index in [0.29, 0.717) is 18.4 Å². The standard InChI is InChI=1S/C11H14O4S/c1-15-10-8(11(12)6-7-11)4-3-5-9(10)16(2,13)14/h3-5,12H,6-7H2,1-2H3. The smallest absolute Gasteiger partial charge is 0.179 e. The van der Waals surface area contributed by atoms with Crippen LogP contribution in [-0.4, -0.2) is 26.9 Å². The van der Waals surface area contributed by atoms with Gasteiger partial charge in [-0.1, -0.05) is 12.1 Å². The lowest BCUT2D eigenvalue weighted by Gasteiger charge is -2.15. The fourth-order valence-electron chi connectivity index (χ4n) is 1.77. The molecule has 1 aliphatic rings. The van der Waals surface area contributed by atoms with E-state index in [2.05, 4.69) is 0 Å². The van der Waals surface area contributed by atoms with Crippen molar-refractivity contribution in [1.29, 1.82) is 0 Å². The Kier molecular flexibility index (Phi) is 2.47. The molecule has 1 aromatic carbocycles. The zero-order valence-electron chi connectivity index (χ0n) is 9.23. The van der Waals surface area contributed by atoms with Gasteiger partial charge in [0.2, 0.25) is 0 Å². The number of para-hydroxylation sites is 1. The Hall–Kier alpha value is -1.07. The molecule has 0 spiro atoms. The fraction of sp³-hybridized carbons (Fsp3) is 0.455. The Morgan fingerprint density at radius 1 is 1.38 bits per heavy atom. The van der Waals surface area contributed by atoms with Gasteiger partial charge in [0.05, 0.1) is 12.7 Å². The first-order valence-corrected chi connectivity index (χ1v) is 6.87. The summed E-state index contributed by atoms with van der Waals surface area (Å²) in [7, 11) is -1.92. The molecule has 0 unspecified atom stereocenters. The Labute approximate surface area is 94.8 Å². The van der Waals surface area contributed by atoms with Crippen molar-refractivity contribution in [2.24, 2.45) is 0 Å². The van der Waals surface area contributed by atoms with Crippen LogP contribution < -0.4 is 4.74 Å². The highest BCUT2D eigenvalue weighted by Gasteiger charge is 2.45. The van der Waals surface area contributed by atoms with Gasteiger partial charge in [-0.2, -0.15) is 0 Å². The van der Waals surface area contributed by atoms with Crippen LogP contribution in [0.2, 0.25) is 0 Å². The second kappa shape index (κ2) is 3.46. The summed E-state index contributed by atoms with van der Waals surface area (Å²) in [6.07, 6.45) is 2.43. The molecule has 1 saturated carbocycles. The van der Waals surface area contributed by atoms with E-state index in [-0.39, 0.29) is 10.6 Å². The lowest BCUT2D eigenvalue weighted by atomic mass is 10.1. The fourth-order valence-corrected chi connectivity index (χ4v) is 2.63. The number of rotatable bonds is 3. The highest BCUT2D eigenvalue weighted by Crippen LogP contribution is 2.49. The van der Waals surface area contributed by atoms with Crippen LogP contribution in [0.1, 0.15) is 18.4 Å². The first-order valence-electron chi connectivity index (χ1n) is 4.98. The van der Waals surface area contributed by atoms with E-state index in [1.807, 2.05) is 0 Å². The molecule has 4 nitrogen and oxygen atoms in total. The molecule has 0 atom stereocenters. The molecule has 16 heavy (non-hydrogen) atoms. The molecule has 1 aromatic rings. The third-order valence-electron chi connectivity index (χ3n) is 2.81. The number of benzene rings is 1. The Balaban J connectivity index is 2.65. The zero-order valence-corrected chi connectivity index (χ0v) is 10.0. The van der Waals surface area contributed by atoms with Gasteiger partial charge in [0, 0.05) is 11.8 Å². The number of sulfone groups is 1. The lowest BCUT2D eigenvalue weighted by molar-refractivity contribution is 0.147. The molecule has 0 bridgehead atoms. The Morgan fingerprint density at radius 3 is 2.44 bits per heavy atom. The van der Waals surface area contributed by atoms with Gasteiger partial charge in [-0.3, -0.25) is 0 Å². The summed E-state index contributed by atoms with van der Waals surface area (Å²) in [6, 6.07) is 4.83. The molecule has 88 valence electrons. The molecule has 1 aliphatic carbocycles. The normalized spacial score (nSPS) is 18.2. The predicted octanol–water partition coefficient (Wildman–Crippen LogP) is 1.08. The van der Waals surface area contributed by atoms with Gasteiger partial charge < -0.3 is 9.84 Å². The van der Waals surface area contributed by atoms with Gasteiger partial charge in [-0.15, -0.1) is 0 Å². The average molecular weight is 242 g/mol. The molecule has 2 rings (SSSR count). The zero-order chi connectivity index (χ0) is 12.0. The van der Waals surface area contributed by atoms with E-state index in [0.717, 1.165) is 6.26 Å². The second-order valence-corrected chi connectivity index (χ2v) is 6.12. The number of hydrogen-bond acceptors (Lipinski definition) is 4. The molecule has 5 heteroatoms. The van der Waals surface area contributed by atoms with Crippen LogP contribution in [0.3, 0.4) is 0 Å². The quantitative estimate of drug-likeness (QED) is 0.861. The van der Waals surface area contributed by atoms with Crippen molar-refractivity contribution >= 4 is 9.84 Å². The van der Waals surface area contributed by atoms with E-state index < -0.39 is 15.4 Å². The van der Waals surface area contributed by atoms with Crippen LogP contribution in [-0.2, 0) is 15.4 Å².